The van der Waals surface area contributed by atoms with Crippen molar-refractivity contribution < 1.29 is 0 Å². The first-order chi connectivity index (χ1) is 10.3. The maximum Gasteiger partial charge on any atom is 0.0767 e. The van der Waals surface area contributed by atoms with E-state index in [1.54, 1.807) is 0 Å². The zero-order valence-corrected chi connectivity index (χ0v) is 12.3. The molecule has 0 aliphatic carbocycles. The highest BCUT2D eigenvalue weighted by Crippen LogP contribution is 2.23. The summed E-state index contributed by atoms with van der Waals surface area (Å²) in [7, 11) is 0. The number of halogens is 1. The molecule has 1 aromatic heterocycles. The van der Waals surface area contributed by atoms with E-state index in [9.17, 15) is 0 Å². The Morgan fingerprint density at radius 2 is 1.71 bits per heavy atom. The SMILES string of the molecule is NCc1cc(-c2ccc(Cl)cc2)n(Cc2ccccc2)n1. The average molecular weight is 298 g/mol. The number of hydrogen-bond acceptors (Lipinski definition) is 2. The Balaban J connectivity index is 1.99. The van der Waals surface area contributed by atoms with Gasteiger partial charge in [0.2, 0.25) is 0 Å². The smallest absolute Gasteiger partial charge is 0.0767 e. The number of aromatic nitrogens is 2. The Kier molecular flexibility index (Phi) is 4.04. The average Bonchev–Trinajstić information content (AvgIpc) is 2.92. The van der Waals surface area contributed by atoms with Gasteiger partial charge in [0.15, 0.2) is 0 Å². The van der Waals surface area contributed by atoms with Crippen LogP contribution in [0.3, 0.4) is 0 Å². The van der Waals surface area contributed by atoms with Crippen molar-refractivity contribution in [3.8, 4) is 11.3 Å². The number of benzene rings is 2. The molecular formula is C17H16ClN3. The Hall–Kier alpha value is -2.10. The summed E-state index contributed by atoms with van der Waals surface area (Å²) in [4.78, 5) is 0. The van der Waals surface area contributed by atoms with Gasteiger partial charge in [0.25, 0.3) is 0 Å². The molecule has 0 saturated heterocycles. The van der Waals surface area contributed by atoms with E-state index in [0.29, 0.717) is 6.54 Å². The molecule has 0 atom stereocenters. The lowest BCUT2D eigenvalue weighted by Crippen LogP contribution is -2.05. The van der Waals surface area contributed by atoms with Gasteiger partial charge in [-0.15, -0.1) is 0 Å². The Morgan fingerprint density at radius 1 is 1.00 bits per heavy atom. The van der Waals surface area contributed by atoms with Gasteiger partial charge in [-0.25, -0.2) is 0 Å². The van der Waals surface area contributed by atoms with Gasteiger partial charge in [-0.2, -0.15) is 5.10 Å². The van der Waals surface area contributed by atoms with Crippen LogP contribution in [0, 0.1) is 0 Å². The molecule has 3 aromatic rings. The Bertz CT molecular complexity index is 718. The van der Waals surface area contributed by atoms with Crippen LogP contribution in [0.2, 0.25) is 5.02 Å². The molecule has 0 amide bonds. The summed E-state index contributed by atoms with van der Waals surface area (Å²) in [6, 6.07) is 20.1. The highest BCUT2D eigenvalue weighted by Gasteiger charge is 2.09. The first-order valence-electron chi connectivity index (χ1n) is 6.83. The van der Waals surface area contributed by atoms with Crippen LogP contribution in [0.4, 0.5) is 0 Å². The standard InChI is InChI=1S/C17H16ClN3/c18-15-8-6-14(7-9-15)17-10-16(11-19)20-21(17)12-13-4-2-1-3-5-13/h1-10H,11-12,19H2. The van der Waals surface area contributed by atoms with E-state index in [2.05, 4.69) is 17.2 Å². The third kappa shape index (κ3) is 3.15. The van der Waals surface area contributed by atoms with Crippen molar-refractivity contribution >= 4 is 11.6 Å². The molecule has 0 fully saturated rings. The van der Waals surface area contributed by atoms with Crippen molar-refractivity contribution in [1.29, 1.82) is 0 Å². The fourth-order valence-electron chi connectivity index (χ4n) is 2.30. The molecule has 0 aliphatic heterocycles. The minimum atomic E-state index is 0.433. The van der Waals surface area contributed by atoms with Crippen LogP contribution in [0.15, 0.2) is 60.7 Å². The Labute approximate surface area is 129 Å². The van der Waals surface area contributed by atoms with E-state index in [1.807, 2.05) is 53.2 Å². The summed E-state index contributed by atoms with van der Waals surface area (Å²) in [6.07, 6.45) is 0. The molecule has 0 spiro atoms. The van der Waals surface area contributed by atoms with Crippen LogP contribution in [0.1, 0.15) is 11.3 Å². The molecule has 2 aromatic carbocycles. The van der Waals surface area contributed by atoms with Crippen molar-refractivity contribution in [3.05, 3.63) is 76.9 Å². The van der Waals surface area contributed by atoms with Crippen LogP contribution in [0.25, 0.3) is 11.3 Å². The predicted molar refractivity (Wildman–Crippen MR) is 86.1 cm³/mol. The van der Waals surface area contributed by atoms with Gasteiger partial charge in [-0.05, 0) is 29.3 Å². The van der Waals surface area contributed by atoms with Crippen LogP contribution in [0.5, 0.6) is 0 Å². The van der Waals surface area contributed by atoms with E-state index in [1.165, 1.54) is 5.56 Å². The topological polar surface area (TPSA) is 43.8 Å². The van der Waals surface area contributed by atoms with Gasteiger partial charge >= 0.3 is 0 Å². The van der Waals surface area contributed by atoms with Gasteiger partial charge < -0.3 is 5.73 Å². The highest BCUT2D eigenvalue weighted by atomic mass is 35.5. The van der Waals surface area contributed by atoms with Crippen molar-refractivity contribution in [2.45, 2.75) is 13.1 Å². The number of nitrogens with zero attached hydrogens (tertiary/aromatic N) is 2. The number of hydrogen-bond donors (Lipinski definition) is 1. The zero-order chi connectivity index (χ0) is 14.7. The number of nitrogens with two attached hydrogens (primary N) is 1. The third-order valence-electron chi connectivity index (χ3n) is 3.35. The lowest BCUT2D eigenvalue weighted by Gasteiger charge is -2.08. The van der Waals surface area contributed by atoms with Gasteiger partial charge in [-0.1, -0.05) is 54.1 Å². The van der Waals surface area contributed by atoms with E-state index in [-0.39, 0.29) is 0 Å². The fraction of sp³-hybridized carbons (Fsp3) is 0.118. The molecular weight excluding hydrogens is 282 g/mol. The second-order valence-corrected chi connectivity index (χ2v) is 5.31. The van der Waals surface area contributed by atoms with Gasteiger partial charge in [0.05, 0.1) is 17.9 Å². The first-order valence-corrected chi connectivity index (χ1v) is 7.21. The summed E-state index contributed by atoms with van der Waals surface area (Å²) in [5.74, 6) is 0. The summed E-state index contributed by atoms with van der Waals surface area (Å²) in [6.45, 7) is 1.15. The summed E-state index contributed by atoms with van der Waals surface area (Å²) in [5, 5.41) is 5.31. The molecule has 3 rings (SSSR count). The molecule has 1 heterocycles. The summed E-state index contributed by atoms with van der Waals surface area (Å²) in [5.41, 5.74) is 9.96. The fourth-order valence-corrected chi connectivity index (χ4v) is 2.43. The molecule has 0 radical (unpaired) electrons. The van der Waals surface area contributed by atoms with Crippen molar-refractivity contribution in [2.75, 3.05) is 0 Å². The lowest BCUT2D eigenvalue weighted by atomic mass is 10.1. The monoisotopic (exact) mass is 297 g/mol. The van der Waals surface area contributed by atoms with Crippen LogP contribution in [-0.4, -0.2) is 9.78 Å². The molecule has 0 bridgehead atoms. The predicted octanol–water partition coefficient (Wildman–Crippen LogP) is 3.71. The molecule has 106 valence electrons. The van der Waals surface area contributed by atoms with Gasteiger partial charge in [0.1, 0.15) is 0 Å². The van der Waals surface area contributed by atoms with E-state index >= 15 is 0 Å². The minimum Gasteiger partial charge on any atom is -0.325 e. The summed E-state index contributed by atoms with van der Waals surface area (Å²) < 4.78 is 1.99. The molecule has 0 unspecified atom stereocenters. The Morgan fingerprint density at radius 3 is 2.38 bits per heavy atom. The third-order valence-corrected chi connectivity index (χ3v) is 3.61. The van der Waals surface area contributed by atoms with E-state index in [4.69, 9.17) is 17.3 Å². The lowest BCUT2D eigenvalue weighted by molar-refractivity contribution is 0.678. The maximum absolute atomic E-state index is 5.96. The number of rotatable bonds is 4. The van der Waals surface area contributed by atoms with Crippen LogP contribution in [-0.2, 0) is 13.1 Å². The maximum atomic E-state index is 5.96. The zero-order valence-electron chi connectivity index (χ0n) is 11.5. The van der Waals surface area contributed by atoms with Crippen LogP contribution < -0.4 is 5.73 Å². The van der Waals surface area contributed by atoms with Crippen molar-refractivity contribution in [1.82, 2.24) is 9.78 Å². The first kappa shape index (κ1) is 13.9. The molecule has 3 nitrogen and oxygen atoms in total. The molecule has 0 aliphatic rings. The highest BCUT2D eigenvalue weighted by molar-refractivity contribution is 6.30. The minimum absolute atomic E-state index is 0.433. The second-order valence-electron chi connectivity index (χ2n) is 4.88. The normalized spacial score (nSPS) is 10.8. The molecule has 4 heteroatoms. The van der Waals surface area contributed by atoms with Gasteiger partial charge in [0, 0.05) is 11.6 Å². The van der Waals surface area contributed by atoms with Crippen LogP contribution >= 0.6 is 11.6 Å². The van der Waals surface area contributed by atoms with E-state index < -0.39 is 0 Å². The van der Waals surface area contributed by atoms with E-state index in [0.717, 1.165) is 28.5 Å². The van der Waals surface area contributed by atoms with Crippen molar-refractivity contribution in [2.24, 2.45) is 5.73 Å². The molecule has 0 saturated carbocycles. The largest absolute Gasteiger partial charge is 0.325 e. The summed E-state index contributed by atoms with van der Waals surface area (Å²) >= 11 is 5.96. The van der Waals surface area contributed by atoms with Gasteiger partial charge in [-0.3, -0.25) is 4.68 Å². The molecule has 2 N–H and O–H groups in total. The second kappa shape index (κ2) is 6.12. The molecule has 21 heavy (non-hydrogen) atoms. The van der Waals surface area contributed by atoms with Crippen molar-refractivity contribution in [3.63, 3.8) is 0 Å². The quantitative estimate of drug-likeness (QED) is 0.798.